The van der Waals surface area contributed by atoms with E-state index in [9.17, 15) is 0 Å². The van der Waals surface area contributed by atoms with Gasteiger partial charge in [-0.3, -0.25) is 0 Å². The number of rotatable bonds is 4. The Bertz CT molecular complexity index is 769. The van der Waals surface area contributed by atoms with Gasteiger partial charge in [0, 0.05) is 16.6 Å². The maximum absolute atomic E-state index is 5.29. The van der Waals surface area contributed by atoms with Crippen LogP contribution in [-0.2, 0) is 0 Å². The van der Waals surface area contributed by atoms with Gasteiger partial charge in [0.25, 0.3) is 0 Å². The van der Waals surface area contributed by atoms with Crippen LogP contribution in [0, 0.1) is 0 Å². The number of hydrogen-bond acceptors (Lipinski definition) is 1. The Hall–Kier alpha value is -2.48. The molecule has 21 heavy (non-hydrogen) atoms. The largest absolute Gasteiger partial charge is 0.497 e. The topological polar surface area (TPSA) is 25.0 Å². The number of H-pyrrole nitrogens is 1. The zero-order valence-electron chi connectivity index (χ0n) is 12.4. The van der Waals surface area contributed by atoms with Crippen molar-refractivity contribution in [2.45, 2.75) is 13.3 Å². The molecule has 0 spiro atoms. The van der Waals surface area contributed by atoms with E-state index >= 15 is 0 Å². The molecule has 0 aliphatic heterocycles. The lowest BCUT2D eigenvalue weighted by Gasteiger charge is -2.02. The summed E-state index contributed by atoms with van der Waals surface area (Å²) in [5, 5.41) is 1.18. The lowest BCUT2D eigenvalue weighted by atomic mass is 10.1. The summed E-state index contributed by atoms with van der Waals surface area (Å²) in [7, 11) is 1.70. The second-order valence-corrected chi connectivity index (χ2v) is 5.07. The van der Waals surface area contributed by atoms with Gasteiger partial charge in [-0.15, -0.1) is 0 Å². The number of hydrogen-bond donors (Lipinski definition) is 1. The second kappa shape index (κ2) is 5.88. The number of nitrogens with one attached hydrogen (secondary N) is 1. The van der Waals surface area contributed by atoms with Crippen LogP contribution in [0.1, 0.15) is 24.6 Å². The number of methoxy groups -OCH3 is 1. The number of aromatic amines is 1. The Labute approximate surface area is 125 Å². The highest BCUT2D eigenvalue weighted by Crippen LogP contribution is 2.27. The number of aromatic nitrogens is 1. The quantitative estimate of drug-likeness (QED) is 0.703. The molecule has 0 saturated carbocycles. The number of fused-ring (bicyclic) bond motifs is 1. The Morgan fingerprint density at radius 1 is 1.10 bits per heavy atom. The summed E-state index contributed by atoms with van der Waals surface area (Å²) in [6.45, 7) is 2.18. The molecule has 0 aliphatic carbocycles. The van der Waals surface area contributed by atoms with Crippen molar-refractivity contribution in [1.82, 2.24) is 4.98 Å². The molecule has 2 nitrogen and oxygen atoms in total. The SMILES string of the molecule is CC/C(=C\c1ccccc1)c1cc2cc(OC)ccc2[nH]1. The second-order valence-electron chi connectivity index (χ2n) is 5.07. The van der Waals surface area contributed by atoms with Gasteiger partial charge in [0.1, 0.15) is 5.75 Å². The van der Waals surface area contributed by atoms with Gasteiger partial charge in [-0.05, 0) is 47.9 Å². The monoisotopic (exact) mass is 277 g/mol. The first-order valence-electron chi connectivity index (χ1n) is 7.23. The minimum atomic E-state index is 0.887. The van der Waals surface area contributed by atoms with Crippen molar-refractivity contribution in [2.75, 3.05) is 7.11 Å². The molecule has 3 aromatic rings. The first-order chi connectivity index (χ1) is 10.3. The average Bonchev–Trinajstić information content (AvgIpc) is 2.96. The van der Waals surface area contributed by atoms with Crippen molar-refractivity contribution in [1.29, 1.82) is 0 Å². The smallest absolute Gasteiger partial charge is 0.119 e. The predicted molar refractivity (Wildman–Crippen MR) is 89.5 cm³/mol. The van der Waals surface area contributed by atoms with Gasteiger partial charge >= 0.3 is 0 Å². The first kappa shape index (κ1) is 13.5. The van der Waals surface area contributed by atoms with E-state index in [4.69, 9.17) is 4.74 Å². The van der Waals surface area contributed by atoms with Crippen LogP contribution in [0.2, 0.25) is 0 Å². The number of ether oxygens (including phenoxy) is 1. The van der Waals surface area contributed by atoms with Crippen molar-refractivity contribution in [3.8, 4) is 5.75 Å². The predicted octanol–water partition coefficient (Wildman–Crippen LogP) is 5.13. The highest BCUT2D eigenvalue weighted by atomic mass is 16.5. The fourth-order valence-corrected chi connectivity index (χ4v) is 2.53. The van der Waals surface area contributed by atoms with E-state index in [1.807, 2.05) is 12.1 Å². The summed E-state index contributed by atoms with van der Waals surface area (Å²) >= 11 is 0. The summed E-state index contributed by atoms with van der Waals surface area (Å²) in [5.74, 6) is 0.887. The van der Waals surface area contributed by atoms with Crippen molar-refractivity contribution in [3.63, 3.8) is 0 Å². The van der Waals surface area contributed by atoms with Crippen LogP contribution in [0.5, 0.6) is 5.75 Å². The molecule has 2 aromatic carbocycles. The molecule has 1 aromatic heterocycles. The molecule has 0 amide bonds. The van der Waals surface area contributed by atoms with Crippen LogP contribution in [0.25, 0.3) is 22.6 Å². The van der Waals surface area contributed by atoms with E-state index in [-0.39, 0.29) is 0 Å². The Morgan fingerprint density at radius 3 is 2.62 bits per heavy atom. The first-order valence-corrected chi connectivity index (χ1v) is 7.23. The normalized spacial score (nSPS) is 11.8. The van der Waals surface area contributed by atoms with E-state index in [1.165, 1.54) is 22.2 Å². The molecule has 1 N–H and O–H groups in total. The highest BCUT2D eigenvalue weighted by molar-refractivity contribution is 5.89. The van der Waals surface area contributed by atoms with Gasteiger partial charge in [0.05, 0.1) is 7.11 Å². The Balaban J connectivity index is 2.03. The zero-order valence-corrected chi connectivity index (χ0v) is 12.4. The van der Waals surface area contributed by atoms with Gasteiger partial charge < -0.3 is 9.72 Å². The van der Waals surface area contributed by atoms with E-state index in [0.717, 1.165) is 17.7 Å². The fourth-order valence-electron chi connectivity index (χ4n) is 2.53. The molecule has 0 bridgehead atoms. The average molecular weight is 277 g/mol. The molecule has 0 aliphatic rings. The summed E-state index contributed by atoms with van der Waals surface area (Å²) in [5.41, 5.74) is 4.84. The third kappa shape index (κ3) is 2.84. The van der Waals surface area contributed by atoms with Crippen LogP contribution in [-0.4, -0.2) is 12.1 Å². The van der Waals surface area contributed by atoms with Crippen LogP contribution in [0.15, 0.2) is 54.6 Å². The molecule has 3 rings (SSSR count). The molecular formula is C19H19NO. The van der Waals surface area contributed by atoms with Crippen LogP contribution in [0.4, 0.5) is 0 Å². The van der Waals surface area contributed by atoms with E-state index in [1.54, 1.807) is 7.11 Å². The fraction of sp³-hybridized carbons (Fsp3) is 0.158. The van der Waals surface area contributed by atoms with E-state index in [2.05, 4.69) is 60.4 Å². The molecule has 0 fully saturated rings. The maximum atomic E-state index is 5.29. The van der Waals surface area contributed by atoms with E-state index in [0.29, 0.717) is 0 Å². The van der Waals surface area contributed by atoms with Gasteiger partial charge in [0.2, 0.25) is 0 Å². The minimum absolute atomic E-state index is 0.887. The summed E-state index contributed by atoms with van der Waals surface area (Å²) < 4.78 is 5.29. The molecule has 2 heteroatoms. The van der Waals surface area contributed by atoms with Crippen molar-refractivity contribution < 1.29 is 4.74 Å². The van der Waals surface area contributed by atoms with Gasteiger partial charge in [-0.25, -0.2) is 0 Å². The number of allylic oxidation sites excluding steroid dienone is 1. The molecule has 0 saturated heterocycles. The molecule has 0 atom stereocenters. The van der Waals surface area contributed by atoms with Crippen LogP contribution >= 0.6 is 0 Å². The number of benzene rings is 2. The third-order valence-corrected chi connectivity index (χ3v) is 3.70. The van der Waals surface area contributed by atoms with Crippen molar-refractivity contribution in [2.24, 2.45) is 0 Å². The summed E-state index contributed by atoms with van der Waals surface area (Å²) in [4.78, 5) is 3.49. The zero-order chi connectivity index (χ0) is 14.7. The van der Waals surface area contributed by atoms with Crippen LogP contribution in [0.3, 0.4) is 0 Å². The van der Waals surface area contributed by atoms with E-state index < -0.39 is 0 Å². The van der Waals surface area contributed by atoms with Crippen LogP contribution < -0.4 is 4.74 Å². The lowest BCUT2D eigenvalue weighted by Crippen LogP contribution is -1.83. The van der Waals surface area contributed by atoms with Gasteiger partial charge in [-0.2, -0.15) is 0 Å². The molecule has 0 radical (unpaired) electrons. The molecule has 1 heterocycles. The lowest BCUT2D eigenvalue weighted by molar-refractivity contribution is 0.415. The van der Waals surface area contributed by atoms with Crippen molar-refractivity contribution >= 4 is 22.6 Å². The molecule has 106 valence electrons. The van der Waals surface area contributed by atoms with Gasteiger partial charge in [0.15, 0.2) is 0 Å². The maximum Gasteiger partial charge on any atom is 0.119 e. The molecule has 0 unspecified atom stereocenters. The Morgan fingerprint density at radius 2 is 1.90 bits per heavy atom. The third-order valence-electron chi connectivity index (χ3n) is 3.70. The highest BCUT2D eigenvalue weighted by Gasteiger charge is 2.06. The Kier molecular flexibility index (Phi) is 3.78. The standard InChI is InChI=1S/C19H19NO/c1-3-15(11-14-7-5-4-6-8-14)19-13-16-12-17(21-2)9-10-18(16)20-19/h4-13,20H,3H2,1-2H3/b15-11+. The van der Waals surface area contributed by atoms with Crippen molar-refractivity contribution in [3.05, 3.63) is 65.9 Å². The van der Waals surface area contributed by atoms with Gasteiger partial charge in [-0.1, -0.05) is 37.3 Å². The summed E-state index contributed by atoms with van der Waals surface area (Å²) in [6.07, 6.45) is 3.22. The molecular weight excluding hydrogens is 258 g/mol. The summed E-state index contributed by atoms with van der Waals surface area (Å²) in [6, 6.07) is 18.7. The minimum Gasteiger partial charge on any atom is -0.497 e.